The molecule has 0 amide bonds. The zero-order valence-electron chi connectivity index (χ0n) is 28.5. The summed E-state index contributed by atoms with van der Waals surface area (Å²) in [5.74, 6) is -4.02. The van der Waals surface area contributed by atoms with Crippen molar-refractivity contribution >= 4 is 35.9 Å². The lowest BCUT2D eigenvalue weighted by Crippen LogP contribution is -2.62. The molecule has 0 aliphatic heterocycles. The lowest BCUT2D eigenvalue weighted by molar-refractivity contribution is -0.194. The van der Waals surface area contributed by atoms with Crippen molar-refractivity contribution in [3.05, 3.63) is 65.3 Å². The topological polar surface area (TPSA) is 132 Å². The highest BCUT2D eigenvalue weighted by Gasteiger charge is 2.63. The second kappa shape index (κ2) is 13.9. The molecule has 2 bridgehead atoms. The van der Waals surface area contributed by atoms with Crippen molar-refractivity contribution in [2.24, 2.45) is 22.7 Å². The van der Waals surface area contributed by atoms with Gasteiger partial charge in [0.05, 0.1) is 0 Å². The van der Waals surface area contributed by atoms with Crippen LogP contribution in [0.25, 0.3) is 6.08 Å². The number of hydrogen-bond donors (Lipinski definition) is 0. The molecular weight excluding hydrogens is 604 g/mol. The Morgan fingerprint density at radius 1 is 0.787 bits per heavy atom. The minimum atomic E-state index is -1.07. The van der Waals surface area contributed by atoms with E-state index >= 15 is 0 Å². The van der Waals surface area contributed by atoms with Gasteiger partial charge < -0.3 is 23.7 Å². The van der Waals surface area contributed by atoms with E-state index in [1.54, 1.807) is 6.08 Å². The molecule has 1 aromatic carbocycles. The van der Waals surface area contributed by atoms with Gasteiger partial charge in [-0.3, -0.25) is 19.2 Å². The first kappa shape index (κ1) is 35.6. The lowest BCUT2D eigenvalue weighted by atomic mass is 9.49. The van der Waals surface area contributed by atoms with Gasteiger partial charge in [-0.2, -0.15) is 0 Å². The number of rotatable bonds is 7. The molecule has 1 aromatic rings. The fourth-order valence-corrected chi connectivity index (χ4v) is 8.47. The Morgan fingerprint density at radius 2 is 1.38 bits per heavy atom. The largest absolute Gasteiger partial charge is 0.462 e. The molecule has 0 saturated heterocycles. The molecule has 4 rings (SSSR count). The Morgan fingerprint density at radius 3 is 1.96 bits per heavy atom. The molecule has 3 aliphatic rings. The van der Waals surface area contributed by atoms with Gasteiger partial charge in [-0.05, 0) is 53.4 Å². The maximum Gasteiger partial charge on any atom is 0.331 e. The second-order valence-electron chi connectivity index (χ2n) is 13.8. The maximum atomic E-state index is 13.2. The van der Waals surface area contributed by atoms with E-state index in [2.05, 4.69) is 6.58 Å². The van der Waals surface area contributed by atoms with E-state index in [0.717, 1.165) is 16.7 Å². The highest BCUT2D eigenvalue weighted by Crippen LogP contribution is 2.61. The third-order valence-electron chi connectivity index (χ3n) is 9.77. The lowest BCUT2D eigenvalue weighted by Gasteiger charge is -2.59. The number of carbonyl (C=O) groups excluding carboxylic acids is 5. The third-order valence-corrected chi connectivity index (χ3v) is 9.77. The summed E-state index contributed by atoms with van der Waals surface area (Å²) in [6, 6.07) is 9.25. The van der Waals surface area contributed by atoms with E-state index in [-0.39, 0.29) is 12.8 Å². The van der Waals surface area contributed by atoms with Crippen LogP contribution in [-0.4, -0.2) is 60.4 Å². The minimum Gasteiger partial charge on any atom is -0.462 e. The van der Waals surface area contributed by atoms with Crippen LogP contribution in [0, 0.1) is 22.7 Å². The van der Waals surface area contributed by atoms with Gasteiger partial charge in [-0.15, -0.1) is 0 Å². The maximum absolute atomic E-state index is 13.2. The fraction of sp³-hybridized carbons (Fsp3) is 0.541. The molecule has 8 atom stereocenters. The molecule has 2 saturated carbocycles. The predicted octanol–water partition coefficient (Wildman–Crippen LogP) is 5.69. The summed E-state index contributed by atoms with van der Waals surface area (Å²) in [5.41, 5.74) is 1.31. The monoisotopic (exact) mass is 650 g/mol. The normalized spacial score (nSPS) is 31.5. The molecule has 47 heavy (non-hydrogen) atoms. The van der Waals surface area contributed by atoms with Crippen molar-refractivity contribution in [3.63, 3.8) is 0 Å². The average molecular weight is 651 g/mol. The van der Waals surface area contributed by atoms with Crippen molar-refractivity contribution in [1.29, 1.82) is 0 Å². The second-order valence-corrected chi connectivity index (χ2v) is 13.8. The number of carbonyl (C=O) groups is 5. The van der Waals surface area contributed by atoms with Crippen LogP contribution < -0.4 is 0 Å². The Bertz CT molecular complexity index is 1490. The summed E-state index contributed by atoms with van der Waals surface area (Å²) in [4.78, 5) is 63.5. The van der Waals surface area contributed by atoms with E-state index in [9.17, 15) is 24.0 Å². The van der Waals surface area contributed by atoms with Gasteiger partial charge >= 0.3 is 29.8 Å². The molecule has 0 heterocycles. The van der Waals surface area contributed by atoms with Crippen molar-refractivity contribution in [2.45, 2.75) is 105 Å². The first-order valence-corrected chi connectivity index (χ1v) is 16.0. The fourth-order valence-electron chi connectivity index (χ4n) is 8.47. The Labute approximate surface area is 276 Å². The molecule has 3 aliphatic carbocycles. The van der Waals surface area contributed by atoms with Crippen molar-refractivity contribution in [3.8, 4) is 0 Å². The van der Waals surface area contributed by atoms with Crippen LogP contribution in [0.1, 0.15) is 80.2 Å². The van der Waals surface area contributed by atoms with Crippen molar-refractivity contribution < 1.29 is 47.7 Å². The molecule has 2 fully saturated rings. The Kier molecular flexibility index (Phi) is 10.5. The van der Waals surface area contributed by atoms with Crippen molar-refractivity contribution in [1.82, 2.24) is 0 Å². The quantitative estimate of drug-likeness (QED) is 0.157. The molecule has 10 heteroatoms. The highest BCUT2D eigenvalue weighted by molar-refractivity contribution is 5.87. The Hall–Kier alpha value is -4.21. The van der Waals surface area contributed by atoms with Crippen LogP contribution in [0.5, 0.6) is 0 Å². The number of hydrogen-bond acceptors (Lipinski definition) is 10. The molecule has 10 nitrogen and oxygen atoms in total. The third kappa shape index (κ3) is 7.68. The van der Waals surface area contributed by atoms with E-state index in [1.807, 2.05) is 58.0 Å². The van der Waals surface area contributed by atoms with Gasteiger partial charge in [0.15, 0.2) is 6.10 Å². The van der Waals surface area contributed by atoms with E-state index in [0.29, 0.717) is 12.0 Å². The van der Waals surface area contributed by atoms with Crippen LogP contribution in [0.3, 0.4) is 0 Å². The first-order valence-electron chi connectivity index (χ1n) is 16.0. The summed E-state index contributed by atoms with van der Waals surface area (Å²) in [7, 11) is 0. The predicted molar refractivity (Wildman–Crippen MR) is 172 cm³/mol. The highest BCUT2D eigenvalue weighted by atomic mass is 16.6. The van der Waals surface area contributed by atoms with E-state index < -0.39 is 83.0 Å². The minimum absolute atomic E-state index is 0.160. The molecule has 0 unspecified atom stereocenters. The smallest absolute Gasteiger partial charge is 0.331 e. The van der Waals surface area contributed by atoms with E-state index in [4.69, 9.17) is 23.7 Å². The van der Waals surface area contributed by atoms with Gasteiger partial charge in [0.1, 0.15) is 24.4 Å². The summed E-state index contributed by atoms with van der Waals surface area (Å²) < 4.78 is 29.9. The van der Waals surface area contributed by atoms with Crippen LogP contribution in [0.15, 0.2) is 59.7 Å². The van der Waals surface area contributed by atoms with Crippen LogP contribution in [0.2, 0.25) is 0 Å². The molecule has 0 spiro atoms. The summed E-state index contributed by atoms with van der Waals surface area (Å²) in [5, 5.41) is 0. The van der Waals surface area contributed by atoms with Gasteiger partial charge in [-0.25, -0.2) is 4.79 Å². The SMILES string of the molecule is C=C1[C@@H](OC(C)=O)[C@H](OC(=O)/C=C/c2ccccc2)C[C@@]2(C)C[C@H](OC(C)=O)C3=C(C)C[C@H](OC(C)=O)[C@@H]([C@@H](OC(C)=O)[C@H]12)C3(C)C. The van der Waals surface area contributed by atoms with Gasteiger partial charge in [0, 0.05) is 52.0 Å². The van der Waals surface area contributed by atoms with E-state index in [1.165, 1.54) is 33.8 Å². The molecule has 254 valence electrons. The molecule has 0 N–H and O–H groups in total. The Balaban J connectivity index is 1.88. The first-order chi connectivity index (χ1) is 21.9. The zero-order valence-corrected chi connectivity index (χ0v) is 28.5. The van der Waals surface area contributed by atoms with Gasteiger partial charge in [0.2, 0.25) is 0 Å². The molecule has 0 radical (unpaired) electrons. The van der Waals surface area contributed by atoms with Gasteiger partial charge in [0.25, 0.3) is 0 Å². The average Bonchev–Trinajstić information content (AvgIpc) is 2.92. The van der Waals surface area contributed by atoms with Gasteiger partial charge in [-0.1, -0.05) is 63.3 Å². The number of benzene rings is 1. The van der Waals surface area contributed by atoms with Crippen molar-refractivity contribution in [2.75, 3.05) is 0 Å². The summed E-state index contributed by atoms with van der Waals surface area (Å²) >= 11 is 0. The standard InChI is InChI=1S/C37H46O10/c1-20-17-27(43-22(3)38)33-35(46-25(6)41)32-21(2)34(45-24(5)40)29(47-30(42)16-15-26-13-11-10-12-14-26)19-37(32,9)18-28(44-23(4)39)31(20)36(33,7)8/h10-16,27-29,32-35H,2,17-19H2,1,3-9H3/b16-15+/t27-,28-,29+,32-,33-,34+,35-,37+/m0/s1. The van der Waals surface area contributed by atoms with Crippen LogP contribution in [-0.2, 0) is 47.7 Å². The molecule has 0 aromatic heterocycles. The number of esters is 5. The zero-order chi connectivity index (χ0) is 34.8. The van der Waals surface area contributed by atoms with Crippen LogP contribution >= 0.6 is 0 Å². The number of fused-ring (bicyclic) bond motifs is 3. The number of ether oxygens (including phenoxy) is 5. The van der Waals surface area contributed by atoms with Crippen LogP contribution in [0.4, 0.5) is 0 Å². The molecular formula is C37H46O10. The summed E-state index contributed by atoms with van der Waals surface area (Å²) in [6.07, 6.45) is -0.581. The summed E-state index contributed by atoms with van der Waals surface area (Å²) in [6.45, 7) is 17.5.